The lowest BCUT2D eigenvalue weighted by Crippen LogP contribution is -2.35. The maximum absolute atomic E-state index is 12.2. The van der Waals surface area contributed by atoms with Crippen LogP contribution in [0, 0.1) is 5.92 Å². The monoisotopic (exact) mass is 388 g/mol. The molecule has 0 radical (unpaired) electrons. The molecule has 142 valence electrons. The maximum Gasteiger partial charge on any atom is 0.254 e. The van der Waals surface area contributed by atoms with Crippen LogP contribution in [0.25, 0.3) is 0 Å². The first-order valence-electron chi connectivity index (χ1n) is 8.64. The van der Waals surface area contributed by atoms with E-state index in [-0.39, 0.29) is 23.8 Å². The summed E-state index contributed by atoms with van der Waals surface area (Å²) in [5, 5.41) is 9.51. The number of primary amides is 1. The molecule has 1 aliphatic rings. The number of hydrogen-bond acceptors (Lipinski definition) is 6. The van der Waals surface area contributed by atoms with Gasteiger partial charge in [0.2, 0.25) is 5.91 Å². The lowest BCUT2D eigenvalue weighted by Gasteiger charge is -2.21. The third-order valence-electron chi connectivity index (χ3n) is 4.58. The summed E-state index contributed by atoms with van der Waals surface area (Å²) in [5.74, 6) is 0.221. The van der Waals surface area contributed by atoms with Gasteiger partial charge in [0.15, 0.2) is 0 Å². The number of nitrogens with one attached hydrogen (secondary N) is 3. The number of aromatic nitrogens is 2. The van der Waals surface area contributed by atoms with Gasteiger partial charge in [0.1, 0.15) is 11.6 Å². The molecule has 0 unspecified atom stereocenters. The van der Waals surface area contributed by atoms with Gasteiger partial charge in [-0.15, -0.1) is 0 Å². The predicted molar refractivity (Wildman–Crippen MR) is 104 cm³/mol. The van der Waals surface area contributed by atoms with E-state index in [0.29, 0.717) is 27.9 Å². The fourth-order valence-electron chi connectivity index (χ4n) is 3.21. The lowest BCUT2D eigenvalue weighted by molar-refractivity contribution is -0.121. The van der Waals surface area contributed by atoms with Gasteiger partial charge in [0.25, 0.3) is 5.91 Å². The summed E-state index contributed by atoms with van der Waals surface area (Å²) in [5.41, 5.74) is 6.48. The van der Waals surface area contributed by atoms with E-state index in [1.54, 1.807) is 25.2 Å². The molecule has 1 fully saturated rings. The van der Waals surface area contributed by atoms with E-state index in [0.717, 1.165) is 19.3 Å². The van der Waals surface area contributed by atoms with Crippen molar-refractivity contribution in [2.45, 2.75) is 25.3 Å². The first-order valence-corrected chi connectivity index (χ1v) is 9.02. The minimum absolute atomic E-state index is 0.116. The van der Waals surface area contributed by atoms with Crippen molar-refractivity contribution in [3.63, 3.8) is 0 Å². The normalized spacial score (nSPS) is 18.7. The highest BCUT2D eigenvalue weighted by Crippen LogP contribution is 2.30. The fourth-order valence-corrected chi connectivity index (χ4v) is 3.32. The van der Waals surface area contributed by atoms with Crippen LogP contribution in [0.2, 0.25) is 5.02 Å². The minimum Gasteiger partial charge on any atom is -0.381 e. The largest absolute Gasteiger partial charge is 0.381 e. The molecule has 8 nitrogen and oxygen atoms in total. The highest BCUT2D eigenvalue weighted by molar-refractivity contribution is 6.30. The molecule has 2 aromatic heterocycles. The molecule has 2 aromatic rings. The van der Waals surface area contributed by atoms with E-state index in [9.17, 15) is 9.59 Å². The molecule has 9 heteroatoms. The molecule has 0 bridgehead atoms. The van der Waals surface area contributed by atoms with Crippen LogP contribution in [0.1, 0.15) is 29.6 Å². The number of anilines is 3. The van der Waals surface area contributed by atoms with Gasteiger partial charge < -0.3 is 21.7 Å². The Balaban J connectivity index is 1.87. The quantitative estimate of drug-likeness (QED) is 0.602. The Kier molecular flexibility index (Phi) is 5.75. The van der Waals surface area contributed by atoms with Gasteiger partial charge in [-0.05, 0) is 25.0 Å². The number of halogens is 1. The van der Waals surface area contributed by atoms with Crippen LogP contribution in [-0.2, 0) is 4.79 Å². The zero-order chi connectivity index (χ0) is 19.4. The van der Waals surface area contributed by atoms with Gasteiger partial charge in [-0.3, -0.25) is 9.59 Å². The molecule has 2 atom stereocenters. The van der Waals surface area contributed by atoms with Crippen LogP contribution in [0.5, 0.6) is 0 Å². The van der Waals surface area contributed by atoms with E-state index in [2.05, 4.69) is 25.9 Å². The molecule has 2 heterocycles. The van der Waals surface area contributed by atoms with Crippen molar-refractivity contribution in [3.8, 4) is 0 Å². The standard InChI is InChI=1S/C18H21ClN6O2/c1-21-18(27)12-9-23-16(25-15-6-5-10(19)8-22-15)7-14(12)24-13-4-2-3-11(13)17(20)26/h5-9,11,13H,2-4H2,1H3,(H2,20,26)(H,21,27)(H2,22,23,24,25)/t11-,13+/m0/s1. The SMILES string of the molecule is CNC(=O)c1cnc(Nc2ccc(Cl)cn2)cc1N[C@@H]1CCC[C@@H]1C(N)=O. The average Bonchev–Trinajstić information content (AvgIpc) is 3.12. The summed E-state index contributed by atoms with van der Waals surface area (Å²) < 4.78 is 0. The Hall–Kier alpha value is -2.87. The Morgan fingerprint density at radius 3 is 2.63 bits per heavy atom. The summed E-state index contributed by atoms with van der Waals surface area (Å²) in [6.07, 6.45) is 5.47. The number of carbonyl (C=O) groups is 2. The Morgan fingerprint density at radius 2 is 1.96 bits per heavy atom. The summed E-state index contributed by atoms with van der Waals surface area (Å²) in [4.78, 5) is 32.3. The third kappa shape index (κ3) is 4.46. The van der Waals surface area contributed by atoms with Gasteiger partial charge in [-0.1, -0.05) is 18.0 Å². The van der Waals surface area contributed by atoms with Gasteiger partial charge in [-0.25, -0.2) is 9.97 Å². The van der Waals surface area contributed by atoms with E-state index in [4.69, 9.17) is 17.3 Å². The number of hydrogen-bond donors (Lipinski definition) is 4. The number of amides is 2. The number of nitrogens with zero attached hydrogens (tertiary/aromatic N) is 2. The molecule has 0 spiro atoms. The molecule has 1 saturated carbocycles. The van der Waals surface area contributed by atoms with Crippen LogP contribution in [0.3, 0.4) is 0 Å². The van der Waals surface area contributed by atoms with Gasteiger partial charge in [-0.2, -0.15) is 0 Å². The highest BCUT2D eigenvalue weighted by atomic mass is 35.5. The van der Waals surface area contributed by atoms with Crippen molar-refractivity contribution in [1.82, 2.24) is 15.3 Å². The van der Waals surface area contributed by atoms with Gasteiger partial charge in [0.05, 0.1) is 22.2 Å². The molecule has 3 rings (SSSR count). The van der Waals surface area contributed by atoms with E-state index in [1.807, 2.05) is 0 Å². The topological polar surface area (TPSA) is 122 Å². The number of carbonyl (C=O) groups excluding carboxylic acids is 2. The molecule has 1 aliphatic carbocycles. The van der Waals surface area contributed by atoms with E-state index in [1.165, 1.54) is 12.4 Å². The molecule has 2 amide bonds. The van der Waals surface area contributed by atoms with Gasteiger partial charge in [0, 0.05) is 31.5 Å². The zero-order valence-corrected chi connectivity index (χ0v) is 15.6. The minimum atomic E-state index is -0.329. The number of pyridine rings is 2. The Labute approximate surface area is 161 Å². The number of rotatable bonds is 6. The summed E-state index contributed by atoms with van der Waals surface area (Å²) in [6, 6.07) is 5.04. The highest BCUT2D eigenvalue weighted by Gasteiger charge is 2.32. The Bertz CT molecular complexity index is 842. The second kappa shape index (κ2) is 8.22. The van der Waals surface area contributed by atoms with Crippen molar-refractivity contribution in [2.24, 2.45) is 11.7 Å². The molecule has 0 aromatic carbocycles. The smallest absolute Gasteiger partial charge is 0.254 e. The third-order valence-corrected chi connectivity index (χ3v) is 4.81. The van der Waals surface area contributed by atoms with Crippen LogP contribution in [0.4, 0.5) is 17.3 Å². The molecule has 5 N–H and O–H groups in total. The second-order valence-corrected chi connectivity index (χ2v) is 6.81. The van der Waals surface area contributed by atoms with Crippen LogP contribution in [-0.4, -0.2) is 34.9 Å². The number of nitrogens with two attached hydrogens (primary N) is 1. The van der Waals surface area contributed by atoms with Crippen molar-refractivity contribution < 1.29 is 9.59 Å². The van der Waals surface area contributed by atoms with Crippen molar-refractivity contribution in [1.29, 1.82) is 0 Å². The summed E-state index contributed by atoms with van der Waals surface area (Å²) >= 11 is 5.85. The first kappa shape index (κ1) is 18.9. The van der Waals surface area contributed by atoms with Crippen molar-refractivity contribution >= 4 is 40.7 Å². The predicted octanol–water partition coefficient (Wildman–Crippen LogP) is 2.30. The Morgan fingerprint density at radius 1 is 1.19 bits per heavy atom. The summed E-state index contributed by atoms with van der Waals surface area (Å²) in [6.45, 7) is 0. The fraction of sp³-hybridized carbons (Fsp3) is 0.333. The first-order chi connectivity index (χ1) is 13.0. The average molecular weight is 389 g/mol. The molecule has 0 aliphatic heterocycles. The van der Waals surface area contributed by atoms with E-state index < -0.39 is 0 Å². The van der Waals surface area contributed by atoms with Crippen LogP contribution in [0.15, 0.2) is 30.6 Å². The van der Waals surface area contributed by atoms with Crippen molar-refractivity contribution in [3.05, 3.63) is 41.2 Å². The zero-order valence-electron chi connectivity index (χ0n) is 14.8. The van der Waals surface area contributed by atoms with Crippen LogP contribution >= 0.6 is 11.6 Å². The maximum atomic E-state index is 12.2. The van der Waals surface area contributed by atoms with Crippen LogP contribution < -0.4 is 21.7 Å². The second-order valence-electron chi connectivity index (χ2n) is 6.37. The molecule has 27 heavy (non-hydrogen) atoms. The lowest BCUT2D eigenvalue weighted by atomic mass is 10.0. The summed E-state index contributed by atoms with van der Waals surface area (Å²) in [7, 11) is 1.55. The molecule has 0 saturated heterocycles. The molecular weight excluding hydrogens is 368 g/mol. The van der Waals surface area contributed by atoms with Crippen molar-refractivity contribution in [2.75, 3.05) is 17.7 Å². The molecular formula is C18H21ClN6O2. The van der Waals surface area contributed by atoms with E-state index >= 15 is 0 Å². The van der Waals surface area contributed by atoms with Gasteiger partial charge >= 0.3 is 0 Å².